The second kappa shape index (κ2) is 6.39. The molecule has 0 aliphatic carbocycles. The molecule has 0 aromatic carbocycles. The Labute approximate surface area is 107 Å². The summed E-state index contributed by atoms with van der Waals surface area (Å²) in [5.74, 6) is -0.0271. The second-order valence-electron chi connectivity index (χ2n) is 6.64. The van der Waals surface area contributed by atoms with Gasteiger partial charge >= 0.3 is 0 Å². The monoisotopic (exact) mass is 242 g/mol. The van der Waals surface area contributed by atoms with E-state index < -0.39 is 5.54 Å². The van der Waals surface area contributed by atoms with Gasteiger partial charge in [-0.15, -0.1) is 0 Å². The number of amides is 1. The van der Waals surface area contributed by atoms with Crippen molar-refractivity contribution in [1.82, 2.24) is 5.32 Å². The predicted molar refractivity (Wildman–Crippen MR) is 73.8 cm³/mol. The van der Waals surface area contributed by atoms with E-state index in [1.165, 1.54) is 0 Å². The van der Waals surface area contributed by atoms with Gasteiger partial charge in [0.15, 0.2) is 0 Å². The fourth-order valence-corrected chi connectivity index (χ4v) is 1.74. The molecule has 102 valence electrons. The van der Waals surface area contributed by atoms with Gasteiger partial charge in [0.1, 0.15) is 0 Å². The molecule has 0 saturated carbocycles. The Balaban J connectivity index is 4.12. The highest BCUT2D eigenvalue weighted by atomic mass is 16.2. The van der Waals surface area contributed by atoms with Crippen LogP contribution in [0.25, 0.3) is 0 Å². The molecule has 0 aliphatic rings. The molecule has 1 amide bonds. The van der Waals surface area contributed by atoms with E-state index in [1.54, 1.807) is 0 Å². The van der Waals surface area contributed by atoms with Gasteiger partial charge in [-0.1, -0.05) is 34.1 Å². The number of nitrogens with two attached hydrogens (primary N) is 1. The van der Waals surface area contributed by atoms with E-state index in [1.807, 2.05) is 20.8 Å². The molecule has 17 heavy (non-hydrogen) atoms. The van der Waals surface area contributed by atoms with Gasteiger partial charge in [0, 0.05) is 6.04 Å². The zero-order chi connectivity index (χ0) is 13.7. The second-order valence-corrected chi connectivity index (χ2v) is 6.64. The normalized spacial score (nSPS) is 17.4. The van der Waals surface area contributed by atoms with Crippen LogP contribution in [0.5, 0.6) is 0 Å². The van der Waals surface area contributed by atoms with Crippen LogP contribution >= 0.6 is 0 Å². The molecular weight excluding hydrogens is 212 g/mol. The first-order valence-corrected chi connectivity index (χ1v) is 6.68. The van der Waals surface area contributed by atoms with Crippen LogP contribution in [0.15, 0.2) is 0 Å². The maximum absolute atomic E-state index is 12.0. The summed E-state index contributed by atoms with van der Waals surface area (Å²) in [6, 6.07) is 0.196. The highest BCUT2D eigenvalue weighted by molar-refractivity contribution is 5.85. The van der Waals surface area contributed by atoms with Crippen LogP contribution in [0.4, 0.5) is 0 Å². The largest absolute Gasteiger partial charge is 0.352 e. The number of carbonyl (C=O) groups is 1. The van der Waals surface area contributed by atoms with Gasteiger partial charge in [-0.25, -0.2) is 0 Å². The van der Waals surface area contributed by atoms with Crippen LogP contribution in [0.1, 0.15) is 67.2 Å². The van der Waals surface area contributed by atoms with Crippen LogP contribution in [-0.2, 0) is 4.79 Å². The summed E-state index contributed by atoms with van der Waals surface area (Å²) in [6.45, 7) is 12.5. The lowest BCUT2D eigenvalue weighted by molar-refractivity contribution is -0.126. The molecule has 2 unspecified atom stereocenters. The van der Waals surface area contributed by atoms with Crippen LogP contribution in [0, 0.1) is 5.41 Å². The Morgan fingerprint density at radius 1 is 1.24 bits per heavy atom. The zero-order valence-electron chi connectivity index (χ0n) is 12.4. The molecule has 0 aromatic rings. The predicted octanol–water partition coefficient (Wildman–Crippen LogP) is 2.83. The van der Waals surface area contributed by atoms with Crippen LogP contribution in [0.2, 0.25) is 0 Å². The molecule has 2 atom stereocenters. The third-order valence-corrected chi connectivity index (χ3v) is 2.99. The lowest BCUT2D eigenvalue weighted by atomic mass is 9.88. The van der Waals surface area contributed by atoms with Gasteiger partial charge < -0.3 is 11.1 Å². The number of hydrogen-bond donors (Lipinski definition) is 2. The van der Waals surface area contributed by atoms with Crippen molar-refractivity contribution >= 4 is 5.91 Å². The zero-order valence-corrected chi connectivity index (χ0v) is 12.4. The molecule has 3 heteroatoms. The summed E-state index contributed by atoms with van der Waals surface area (Å²) in [6.07, 6.45) is 3.75. The van der Waals surface area contributed by atoms with E-state index >= 15 is 0 Å². The molecular formula is C14H30N2O. The minimum atomic E-state index is -0.731. The maximum atomic E-state index is 12.0. The highest BCUT2D eigenvalue weighted by Gasteiger charge is 2.28. The van der Waals surface area contributed by atoms with Crippen molar-refractivity contribution in [1.29, 1.82) is 0 Å². The third-order valence-electron chi connectivity index (χ3n) is 2.99. The molecule has 0 fully saturated rings. The SMILES string of the molecule is CCCC(C)(N)C(=O)NC(C)CCC(C)(C)C. The third kappa shape index (κ3) is 7.37. The first-order valence-electron chi connectivity index (χ1n) is 6.68. The van der Waals surface area contributed by atoms with Crippen LogP contribution in [0.3, 0.4) is 0 Å². The number of rotatable bonds is 6. The lowest BCUT2D eigenvalue weighted by Crippen LogP contribution is -2.53. The van der Waals surface area contributed by atoms with Gasteiger partial charge in [-0.2, -0.15) is 0 Å². The summed E-state index contributed by atoms with van der Waals surface area (Å²) in [5.41, 5.74) is 5.57. The number of carbonyl (C=O) groups excluding carboxylic acids is 1. The quantitative estimate of drug-likeness (QED) is 0.752. The maximum Gasteiger partial charge on any atom is 0.240 e. The van der Waals surface area contributed by atoms with E-state index in [2.05, 4.69) is 26.1 Å². The lowest BCUT2D eigenvalue weighted by Gasteiger charge is -2.27. The van der Waals surface area contributed by atoms with Crippen molar-refractivity contribution in [3.8, 4) is 0 Å². The molecule has 0 aromatic heterocycles. The van der Waals surface area contributed by atoms with E-state index in [0.29, 0.717) is 5.41 Å². The minimum Gasteiger partial charge on any atom is -0.352 e. The van der Waals surface area contributed by atoms with Gasteiger partial charge in [0.25, 0.3) is 0 Å². The number of hydrogen-bond acceptors (Lipinski definition) is 2. The van der Waals surface area contributed by atoms with Gasteiger partial charge in [0.05, 0.1) is 5.54 Å². The molecule has 3 nitrogen and oxygen atoms in total. The van der Waals surface area contributed by atoms with Crippen molar-refractivity contribution in [2.75, 3.05) is 0 Å². The van der Waals surface area contributed by atoms with E-state index in [9.17, 15) is 4.79 Å². The standard InChI is InChI=1S/C14H30N2O/c1-7-9-14(6,15)12(17)16-11(2)8-10-13(3,4)5/h11H,7-10,15H2,1-6H3,(H,16,17). The summed E-state index contributed by atoms with van der Waals surface area (Å²) in [5, 5.41) is 3.01. The average molecular weight is 242 g/mol. The molecule has 0 aliphatic heterocycles. The molecule has 0 spiro atoms. The van der Waals surface area contributed by atoms with Crippen molar-refractivity contribution in [3.63, 3.8) is 0 Å². The molecule has 0 rings (SSSR count). The first-order chi connectivity index (χ1) is 7.58. The minimum absolute atomic E-state index is 0.0271. The Morgan fingerprint density at radius 3 is 2.18 bits per heavy atom. The van der Waals surface area contributed by atoms with Crippen LogP contribution in [-0.4, -0.2) is 17.5 Å². The molecule has 3 N–H and O–H groups in total. The summed E-state index contributed by atoms with van der Waals surface area (Å²) >= 11 is 0. The molecule has 0 saturated heterocycles. The fourth-order valence-electron chi connectivity index (χ4n) is 1.74. The Kier molecular flexibility index (Phi) is 6.17. The summed E-state index contributed by atoms with van der Waals surface area (Å²) in [4.78, 5) is 12.0. The summed E-state index contributed by atoms with van der Waals surface area (Å²) < 4.78 is 0. The summed E-state index contributed by atoms with van der Waals surface area (Å²) in [7, 11) is 0. The molecule has 0 heterocycles. The van der Waals surface area contributed by atoms with Crippen molar-refractivity contribution < 1.29 is 4.79 Å². The van der Waals surface area contributed by atoms with Crippen LogP contribution < -0.4 is 11.1 Å². The molecule has 0 bridgehead atoms. The Bertz CT molecular complexity index is 241. The van der Waals surface area contributed by atoms with Crippen molar-refractivity contribution in [2.24, 2.45) is 11.1 Å². The first kappa shape index (κ1) is 16.4. The number of nitrogens with one attached hydrogen (secondary N) is 1. The van der Waals surface area contributed by atoms with E-state index in [4.69, 9.17) is 5.73 Å². The smallest absolute Gasteiger partial charge is 0.240 e. The Morgan fingerprint density at radius 2 is 1.76 bits per heavy atom. The van der Waals surface area contributed by atoms with E-state index in [-0.39, 0.29) is 11.9 Å². The van der Waals surface area contributed by atoms with Crippen molar-refractivity contribution in [3.05, 3.63) is 0 Å². The fraction of sp³-hybridized carbons (Fsp3) is 0.929. The van der Waals surface area contributed by atoms with Gasteiger partial charge in [-0.3, -0.25) is 4.79 Å². The average Bonchev–Trinajstić information content (AvgIpc) is 2.13. The van der Waals surface area contributed by atoms with E-state index in [0.717, 1.165) is 25.7 Å². The Hall–Kier alpha value is -0.570. The molecule has 0 radical (unpaired) electrons. The van der Waals surface area contributed by atoms with Gasteiger partial charge in [-0.05, 0) is 38.5 Å². The highest BCUT2D eigenvalue weighted by Crippen LogP contribution is 2.21. The van der Waals surface area contributed by atoms with Gasteiger partial charge in [0.2, 0.25) is 5.91 Å². The van der Waals surface area contributed by atoms with Crippen molar-refractivity contribution in [2.45, 2.75) is 78.8 Å². The topological polar surface area (TPSA) is 55.1 Å².